The van der Waals surface area contributed by atoms with Gasteiger partial charge in [-0.2, -0.15) is 0 Å². The molecule has 0 spiro atoms. The quantitative estimate of drug-likeness (QED) is 0.788. The van der Waals surface area contributed by atoms with Crippen LogP contribution < -0.4 is 5.32 Å². The van der Waals surface area contributed by atoms with Crippen LogP contribution in [0.3, 0.4) is 0 Å². The van der Waals surface area contributed by atoms with E-state index in [1.807, 2.05) is 0 Å². The summed E-state index contributed by atoms with van der Waals surface area (Å²) < 4.78 is 0. The lowest BCUT2D eigenvalue weighted by atomic mass is 10.0. The molecule has 1 aliphatic heterocycles. The van der Waals surface area contributed by atoms with E-state index in [0.717, 1.165) is 25.3 Å². The minimum atomic E-state index is 0.0801. The summed E-state index contributed by atoms with van der Waals surface area (Å²) in [7, 11) is 0. The first-order valence-corrected chi connectivity index (χ1v) is 7.79. The number of carbonyl (C=O) groups is 1. The number of nitrogens with one attached hydrogen (secondary N) is 1. The molecule has 2 atom stereocenters. The van der Waals surface area contributed by atoms with Crippen LogP contribution in [0.15, 0.2) is 0 Å². The van der Waals surface area contributed by atoms with E-state index in [0.29, 0.717) is 5.91 Å². The Balaban J connectivity index is 1.72. The molecule has 2 rings (SSSR count). The number of carbonyl (C=O) groups excluding carboxylic acids is 1. The maximum Gasteiger partial charge on any atom is 0.241 e. The molecule has 1 N–H and O–H groups in total. The van der Waals surface area contributed by atoms with Crippen LogP contribution in [0.1, 0.15) is 65.2 Å². The van der Waals surface area contributed by atoms with Crippen molar-refractivity contribution >= 4 is 5.91 Å². The van der Waals surface area contributed by atoms with Crippen LogP contribution in [0.4, 0.5) is 0 Å². The molecule has 1 aliphatic carbocycles. The molecule has 3 heteroatoms. The largest absolute Gasteiger partial charge is 0.326 e. The van der Waals surface area contributed by atoms with Gasteiger partial charge in [0.1, 0.15) is 0 Å². The van der Waals surface area contributed by atoms with E-state index >= 15 is 0 Å². The number of hydrogen-bond donors (Lipinski definition) is 1. The Kier molecular flexibility index (Phi) is 5.04. The molecule has 0 bridgehead atoms. The van der Waals surface area contributed by atoms with Gasteiger partial charge in [-0.1, -0.05) is 39.0 Å². The number of nitrogens with zero attached hydrogens (tertiary/aromatic N) is 1. The van der Waals surface area contributed by atoms with Crippen LogP contribution in [-0.2, 0) is 4.79 Å². The van der Waals surface area contributed by atoms with Gasteiger partial charge in [0.05, 0.1) is 12.2 Å². The summed E-state index contributed by atoms with van der Waals surface area (Å²) in [6.07, 6.45) is 10.5. The zero-order valence-corrected chi connectivity index (χ0v) is 12.0. The van der Waals surface area contributed by atoms with Gasteiger partial charge in [-0.3, -0.25) is 10.1 Å². The monoisotopic (exact) mass is 252 g/mol. The first-order valence-electron chi connectivity index (χ1n) is 7.79. The molecule has 0 radical (unpaired) electrons. The molecule has 2 aliphatic rings. The summed E-state index contributed by atoms with van der Waals surface area (Å²) in [5.41, 5.74) is 0. The summed E-state index contributed by atoms with van der Waals surface area (Å²) in [5, 5.41) is 3.41. The average Bonchev–Trinajstić information content (AvgIpc) is 2.93. The molecular weight excluding hydrogens is 224 g/mol. The highest BCUT2D eigenvalue weighted by Gasteiger charge is 2.35. The molecule has 1 saturated heterocycles. The van der Waals surface area contributed by atoms with E-state index in [1.54, 1.807) is 0 Å². The summed E-state index contributed by atoms with van der Waals surface area (Å²) in [4.78, 5) is 14.2. The second kappa shape index (κ2) is 6.55. The van der Waals surface area contributed by atoms with E-state index < -0.39 is 0 Å². The molecule has 2 fully saturated rings. The smallest absolute Gasteiger partial charge is 0.241 e. The van der Waals surface area contributed by atoms with Crippen LogP contribution in [0.2, 0.25) is 0 Å². The maximum absolute atomic E-state index is 12.2. The zero-order chi connectivity index (χ0) is 13.0. The highest BCUT2D eigenvalue weighted by atomic mass is 16.2. The Morgan fingerprint density at radius 3 is 2.67 bits per heavy atom. The van der Waals surface area contributed by atoms with Crippen molar-refractivity contribution in [2.75, 3.05) is 6.54 Å². The summed E-state index contributed by atoms with van der Waals surface area (Å²) in [6, 6.07) is 0.0801. The van der Waals surface area contributed by atoms with Crippen LogP contribution in [0, 0.1) is 5.92 Å². The standard InChI is InChI=1S/C15H28N2O/c1-3-7-14-15(18)17(12(2)16-14)11-6-10-13-8-4-5-9-13/h12-14,16H,3-11H2,1-2H3. The van der Waals surface area contributed by atoms with Crippen molar-refractivity contribution in [1.29, 1.82) is 0 Å². The Bertz CT molecular complexity index is 274. The highest BCUT2D eigenvalue weighted by Crippen LogP contribution is 2.28. The zero-order valence-electron chi connectivity index (χ0n) is 12.0. The molecule has 0 aromatic carbocycles. The van der Waals surface area contributed by atoms with Gasteiger partial charge in [0.25, 0.3) is 0 Å². The first-order chi connectivity index (χ1) is 8.72. The maximum atomic E-state index is 12.2. The molecule has 0 aromatic rings. The molecule has 1 saturated carbocycles. The van der Waals surface area contributed by atoms with E-state index in [-0.39, 0.29) is 12.2 Å². The first kappa shape index (κ1) is 13.9. The number of amides is 1. The normalized spacial score (nSPS) is 29.4. The lowest BCUT2D eigenvalue weighted by molar-refractivity contribution is -0.130. The van der Waals surface area contributed by atoms with E-state index in [9.17, 15) is 4.79 Å². The second-order valence-electron chi connectivity index (χ2n) is 6.01. The molecule has 3 nitrogen and oxygen atoms in total. The fourth-order valence-corrected chi connectivity index (χ4v) is 3.49. The highest BCUT2D eigenvalue weighted by molar-refractivity contribution is 5.84. The Hall–Kier alpha value is -0.570. The Labute approximate surface area is 111 Å². The topological polar surface area (TPSA) is 32.3 Å². The van der Waals surface area contributed by atoms with Crippen LogP contribution in [-0.4, -0.2) is 29.6 Å². The minimum absolute atomic E-state index is 0.0801. The van der Waals surface area contributed by atoms with Crippen LogP contribution >= 0.6 is 0 Å². The van der Waals surface area contributed by atoms with Gasteiger partial charge in [-0.25, -0.2) is 0 Å². The van der Waals surface area contributed by atoms with Crippen molar-refractivity contribution < 1.29 is 4.79 Å². The second-order valence-corrected chi connectivity index (χ2v) is 6.01. The SMILES string of the molecule is CCCC1NC(C)N(CCCC2CCCC2)C1=O. The van der Waals surface area contributed by atoms with Crippen LogP contribution in [0.25, 0.3) is 0 Å². The number of rotatable bonds is 6. The van der Waals surface area contributed by atoms with Crippen LogP contribution in [0.5, 0.6) is 0 Å². The molecular formula is C15H28N2O. The number of hydrogen-bond acceptors (Lipinski definition) is 2. The third kappa shape index (κ3) is 3.25. The van der Waals surface area contributed by atoms with Gasteiger partial charge in [0.2, 0.25) is 5.91 Å². The van der Waals surface area contributed by atoms with Crippen molar-refractivity contribution in [2.24, 2.45) is 5.92 Å². The Morgan fingerprint density at radius 1 is 1.28 bits per heavy atom. The van der Waals surface area contributed by atoms with Crippen molar-refractivity contribution in [1.82, 2.24) is 10.2 Å². The van der Waals surface area contributed by atoms with Gasteiger partial charge in [-0.05, 0) is 32.1 Å². The molecule has 18 heavy (non-hydrogen) atoms. The molecule has 1 heterocycles. The molecule has 1 amide bonds. The summed E-state index contributed by atoms with van der Waals surface area (Å²) >= 11 is 0. The van der Waals surface area contributed by atoms with Crippen molar-refractivity contribution in [3.63, 3.8) is 0 Å². The fraction of sp³-hybridized carbons (Fsp3) is 0.933. The summed E-state index contributed by atoms with van der Waals surface area (Å²) in [6.45, 7) is 5.20. The van der Waals surface area contributed by atoms with Crippen molar-refractivity contribution in [2.45, 2.75) is 77.4 Å². The van der Waals surface area contributed by atoms with E-state index in [1.165, 1.54) is 38.5 Å². The van der Waals surface area contributed by atoms with Crippen molar-refractivity contribution in [3.8, 4) is 0 Å². The third-order valence-electron chi connectivity index (χ3n) is 4.55. The third-order valence-corrected chi connectivity index (χ3v) is 4.55. The van der Waals surface area contributed by atoms with Gasteiger partial charge < -0.3 is 4.90 Å². The van der Waals surface area contributed by atoms with E-state index in [4.69, 9.17) is 0 Å². The molecule has 104 valence electrons. The lowest BCUT2D eigenvalue weighted by Gasteiger charge is -2.21. The van der Waals surface area contributed by atoms with Gasteiger partial charge in [-0.15, -0.1) is 0 Å². The minimum Gasteiger partial charge on any atom is -0.326 e. The van der Waals surface area contributed by atoms with E-state index in [2.05, 4.69) is 24.1 Å². The van der Waals surface area contributed by atoms with Crippen molar-refractivity contribution in [3.05, 3.63) is 0 Å². The molecule has 2 unspecified atom stereocenters. The molecule has 0 aromatic heterocycles. The van der Waals surface area contributed by atoms with Gasteiger partial charge in [0.15, 0.2) is 0 Å². The Morgan fingerprint density at radius 2 is 2.00 bits per heavy atom. The average molecular weight is 252 g/mol. The predicted molar refractivity (Wildman–Crippen MR) is 74.2 cm³/mol. The lowest BCUT2D eigenvalue weighted by Crippen LogP contribution is -2.35. The predicted octanol–water partition coefficient (Wildman–Crippen LogP) is 2.90. The van der Waals surface area contributed by atoms with Gasteiger partial charge in [0, 0.05) is 6.54 Å². The fourth-order valence-electron chi connectivity index (χ4n) is 3.49. The summed E-state index contributed by atoms with van der Waals surface area (Å²) in [5.74, 6) is 1.27. The van der Waals surface area contributed by atoms with Gasteiger partial charge >= 0.3 is 0 Å².